The van der Waals surface area contributed by atoms with Gasteiger partial charge in [0.15, 0.2) is 0 Å². The van der Waals surface area contributed by atoms with E-state index < -0.39 is 64.4 Å². The summed E-state index contributed by atoms with van der Waals surface area (Å²) in [6.45, 7) is 0. The first kappa shape index (κ1) is 39.7. The highest BCUT2D eigenvalue weighted by Gasteiger charge is 2.68. The van der Waals surface area contributed by atoms with Gasteiger partial charge in [-0.2, -0.15) is 0 Å². The maximum Gasteiger partial charge on any atom is 0.290 e. The average molecular weight is 711 g/mol. The number of hydrogen-bond acceptors (Lipinski definition) is 9. The molecular formula is C41H44F2N4O5. The Morgan fingerprint density at radius 3 is 0.962 bits per heavy atom. The quantitative estimate of drug-likeness (QED) is 0.0998. The second-order valence-electron chi connectivity index (χ2n) is 13.0. The van der Waals surface area contributed by atoms with Crippen molar-refractivity contribution in [1.82, 2.24) is 0 Å². The predicted octanol–water partition coefficient (Wildman–Crippen LogP) is 3.31. The van der Waals surface area contributed by atoms with E-state index in [4.69, 9.17) is 22.9 Å². The van der Waals surface area contributed by atoms with Crippen molar-refractivity contribution in [3.05, 3.63) is 144 Å². The van der Waals surface area contributed by atoms with Crippen LogP contribution in [0.15, 0.2) is 121 Å². The third kappa shape index (κ3) is 9.23. The lowest BCUT2D eigenvalue weighted by Crippen LogP contribution is -2.71. The van der Waals surface area contributed by atoms with Crippen LogP contribution in [0.5, 0.6) is 0 Å². The van der Waals surface area contributed by atoms with Gasteiger partial charge in [0, 0.05) is 0 Å². The van der Waals surface area contributed by atoms with Crippen LogP contribution in [0, 0.1) is 0 Å². The van der Waals surface area contributed by atoms with Gasteiger partial charge < -0.3 is 22.9 Å². The zero-order valence-corrected chi connectivity index (χ0v) is 28.7. The molecule has 4 rings (SSSR count). The number of benzene rings is 4. The molecule has 0 spiro atoms. The molecule has 8 N–H and O–H groups in total. The standard InChI is InChI=1S/C41H44F2N4O5/c42-40(37(50)33(46)25-29-17-9-3-10-18-29,35(48)31(44)23-21-27-13-5-1-6-14-27)39(52)41(43,38(51)34(47)26-30-19-11-4-12-20-30)36(49)32(45)24-22-28-15-7-2-8-16-28/h1-20,31-34H,21-26,44-47H2/t31-,32-,33+,34+,40?,41?/m1/s1. The summed E-state index contributed by atoms with van der Waals surface area (Å²) < 4.78 is 35.4. The monoisotopic (exact) mass is 710 g/mol. The third-order valence-electron chi connectivity index (χ3n) is 9.10. The number of carbonyl (C=O) groups excluding carboxylic acids is 5. The number of aryl methyl sites for hydroxylation is 2. The van der Waals surface area contributed by atoms with E-state index in [0.717, 1.165) is 0 Å². The second kappa shape index (κ2) is 17.9. The van der Waals surface area contributed by atoms with Crippen LogP contribution in [0.4, 0.5) is 8.78 Å². The number of hydrogen-bond donors (Lipinski definition) is 4. The van der Waals surface area contributed by atoms with Gasteiger partial charge in [-0.3, -0.25) is 24.0 Å². The van der Waals surface area contributed by atoms with Crippen LogP contribution in [-0.2, 0) is 49.7 Å². The molecule has 4 aromatic carbocycles. The Kier molecular flexibility index (Phi) is 13.7. The molecule has 0 bridgehead atoms. The molecule has 0 aromatic heterocycles. The first-order valence-electron chi connectivity index (χ1n) is 17.1. The SMILES string of the molecule is N[C@H](CCc1ccccc1)C(=O)C(F)(C(=O)[C@@H](N)Cc1ccccc1)C(=O)C(F)(C(=O)[C@H](N)CCc1ccccc1)C(=O)[C@@H](N)Cc1ccccc1. The summed E-state index contributed by atoms with van der Waals surface area (Å²) in [7, 11) is 0. The molecule has 2 unspecified atom stereocenters. The largest absolute Gasteiger partial charge is 0.321 e. The lowest BCUT2D eigenvalue weighted by Gasteiger charge is -2.34. The molecule has 0 saturated carbocycles. The molecule has 4 aromatic rings. The second-order valence-corrected chi connectivity index (χ2v) is 13.0. The smallest absolute Gasteiger partial charge is 0.290 e. The fourth-order valence-electron chi connectivity index (χ4n) is 6.07. The summed E-state index contributed by atoms with van der Waals surface area (Å²) in [6.07, 6.45) is -1.03. The number of carbonyl (C=O) groups is 5. The third-order valence-corrected chi connectivity index (χ3v) is 9.10. The first-order valence-corrected chi connectivity index (χ1v) is 17.1. The minimum atomic E-state index is -4.46. The molecule has 6 atom stereocenters. The van der Waals surface area contributed by atoms with E-state index in [1.807, 2.05) is 0 Å². The molecule has 9 nitrogen and oxygen atoms in total. The van der Waals surface area contributed by atoms with Crippen molar-refractivity contribution < 1.29 is 32.8 Å². The van der Waals surface area contributed by atoms with Crippen molar-refractivity contribution in [2.24, 2.45) is 22.9 Å². The van der Waals surface area contributed by atoms with Crippen LogP contribution in [0.1, 0.15) is 35.1 Å². The number of halogens is 2. The maximum atomic E-state index is 17.7. The van der Waals surface area contributed by atoms with Crippen molar-refractivity contribution in [2.45, 2.75) is 74.0 Å². The topological polar surface area (TPSA) is 189 Å². The Morgan fingerprint density at radius 2 is 0.673 bits per heavy atom. The molecule has 0 aliphatic heterocycles. The van der Waals surface area contributed by atoms with Gasteiger partial charge in [0.05, 0.1) is 24.2 Å². The number of alkyl halides is 2. The van der Waals surface area contributed by atoms with Crippen LogP contribution < -0.4 is 22.9 Å². The van der Waals surface area contributed by atoms with Crippen LogP contribution in [0.25, 0.3) is 0 Å². The Hall–Kier alpha value is -5.07. The maximum absolute atomic E-state index is 17.7. The van der Waals surface area contributed by atoms with E-state index >= 15 is 8.78 Å². The average Bonchev–Trinajstić information content (AvgIpc) is 3.18. The lowest BCUT2D eigenvalue weighted by molar-refractivity contribution is -0.164. The van der Waals surface area contributed by atoms with Crippen LogP contribution in [0.2, 0.25) is 0 Å². The highest BCUT2D eigenvalue weighted by molar-refractivity contribution is 6.42. The summed E-state index contributed by atoms with van der Waals surface area (Å²) in [5.74, 6) is -9.92. The van der Waals surface area contributed by atoms with Crippen molar-refractivity contribution in [1.29, 1.82) is 0 Å². The normalized spacial score (nSPS) is 16.0. The fourth-order valence-corrected chi connectivity index (χ4v) is 6.07. The van der Waals surface area contributed by atoms with Gasteiger partial charge in [-0.1, -0.05) is 121 Å². The van der Waals surface area contributed by atoms with Crippen molar-refractivity contribution in [3.63, 3.8) is 0 Å². The minimum Gasteiger partial charge on any atom is -0.321 e. The summed E-state index contributed by atoms with van der Waals surface area (Å²) >= 11 is 0. The highest BCUT2D eigenvalue weighted by atomic mass is 19.2. The number of ketones is 5. The fraction of sp³-hybridized carbons (Fsp3) is 0.293. The lowest BCUT2D eigenvalue weighted by atomic mass is 9.71. The van der Waals surface area contributed by atoms with E-state index in [2.05, 4.69) is 0 Å². The summed E-state index contributed by atoms with van der Waals surface area (Å²) in [5.41, 5.74) is 17.9. The van der Waals surface area contributed by atoms with Crippen LogP contribution in [-0.4, -0.2) is 64.4 Å². The molecule has 0 saturated heterocycles. The Bertz CT molecular complexity index is 1700. The van der Waals surface area contributed by atoms with E-state index in [-0.39, 0.29) is 38.5 Å². The van der Waals surface area contributed by atoms with Gasteiger partial charge in [-0.15, -0.1) is 0 Å². The van der Waals surface area contributed by atoms with Gasteiger partial charge in [-0.05, 0) is 60.8 Å². The number of nitrogens with two attached hydrogens (primary N) is 4. The molecule has 272 valence electrons. The Morgan fingerprint density at radius 1 is 0.423 bits per heavy atom. The van der Waals surface area contributed by atoms with Gasteiger partial charge in [0.1, 0.15) is 0 Å². The minimum absolute atomic E-state index is 0.118. The van der Waals surface area contributed by atoms with Crippen LogP contribution >= 0.6 is 0 Å². The molecule has 0 aliphatic carbocycles. The van der Waals surface area contributed by atoms with Gasteiger partial charge in [-0.25, -0.2) is 8.78 Å². The van der Waals surface area contributed by atoms with Gasteiger partial charge in [0.25, 0.3) is 11.3 Å². The van der Waals surface area contributed by atoms with E-state index in [1.54, 1.807) is 121 Å². The Labute approximate surface area is 301 Å². The molecular weight excluding hydrogens is 666 g/mol. The van der Waals surface area contributed by atoms with Gasteiger partial charge >= 0.3 is 0 Å². The van der Waals surface area contributed by atoms with Crippen molar-refractivity contribution in [3.8, 4) is 0 Å². The molecule has 11 heteroatoms. The van der Waals surface area contributed by atoms with E-state index in [0.29, 0.717) is 22.3 Å². The van der Waals surface area contributed by atoms with E-state index in [9.17, 15) is 24.0 Å². The van der Waals surface area contributed by atoms with Crippen molar-refractivity contribution in [2.75, 3.05) is 0 Å². The molecule has 0 amide bonds. The molecule has 0 fully saturated rings. The van der Waals surface area contributed by atoms with Crippen LogP contribution in [0.3, 0.4) is 0 Å². The summed E-state index contributed by atoms with van der Waals surface area (Å²) in [5, 5.41) is 0. The zero-order chi connectivity index (χ0) is 37.9. The highest BCUT2D eigenvalue weighted by Crippen LogP contribution is 2.33. The van der Waals surface area contributed by atoms with E-state index in [1.165, 1.54) is 0 Å². The summed E-state index contributed by atoms with van der Waals surface area (Å²) in [4.78, 5) is 70.5. The number of rotatable bonds is 20. The molecule has 0 heterocycles. The number of Topliss-reactive ketones (excluding diaryl/α,β-unsaturated/α-hetero) is 5. The molecule has 0 radical (unpaired) electrons. The predicted molar refractivity (Wildman–Crippen MR) is 194 cm³/mol. The Balaban J connectivity index is 1.77. The summed E-state index contributed by atoms with van der Waals surface area (Å²) in [6, 6.07) is 26.0. The molecule has 0 aliphatic rings. The zero-order valence-electron chi connectivity index (χ0n) is 28.7. The van der Waals surface area contributed by atoms with Gasteiger partial charge in [0.2, 0.25) is 28.9 Å². The van der Waals surface area contributed by atoms with Crippen molar-refractivity contribution >= 4 is 28.9 Å². The first-order chi connectivity index (χ1) is 24.8. The molecule has 52 heavy (non-hydrogen) atoms.